The number of nitrogens with zero attached hydrogens (tertiary/aromatic N) is 1. The predicted molar refractivity (Wildman–Crippen MR) is 84.1 cm³/mol. The van der Waals surface area contributed by atoms with Crippen molar-refractivity contribution in [3.63, 3.8) is 0 Å². The van der Waals surface area contributed by atoms with Crippen molar-refractivity contribution in [1.29, 1.82) is 0 Å². The fourth-order valence-electron chi connectivity index (χ4n) is 3.12. The second-order valence-electron chi connectivity index (χ2n) is 5.57. The molecule has 0 heterocycles. The molecule has 21 heavy (non-hydrogen) atoms. The van der Waals surface area contributed by atoms with E-state index >= 15 is 0 Å². The van der Waals surface area contributed by atoms with Gasteiger partial charge in [0, 0.05) is 12.6 Å². The quantitative estimate of drug-likeness (QED) is 0.905. The number of carbonyl (C=O) groups excluding carboxylic acids is 1. The van der Waals surface area contributed by atoms with Crippen molar-refractivity contribution in [2.45, 2.75) is 51.3 Å². The van der Waals surface area contributed by atoms with E-state index in [2.05, 4.69) is 5.32 Å². The number of hydrogen-bond acceptors (Lipinski definition) is 3. The van der Waals surface area contributed by atoms with Crippen LogP contribution in [0.5, 0.6) is 0 Å². The number of amides is 1. The van der Waals surface area contributed by atoms with Crippen LogP contribution in [-0.2, 0) is 11.3 Å². The van der Waals surface area contributed by atoms with Crippen molar-refractivity contribution in [3.05, 3.63) is 35.9 Å². The topological polar surface area (TPSA) is 41.6 Å². The highest BCUT2D eigenvalue weighted by molar-refractivity contribution is 5.68. The summed E-state index contributed by atoms with van der Waals surface area (Å²) >= 11 is 0. The largest absolute Gasteiger partial charge is 0.445 e. The molecule has 0 bridgehead atoms. The van der Waals surface area contributed by atoms with Crippen LogP contribution in [0.25, 0.3) is 0 Å². The molecule has 0 aromatic heterocycles. The van der Waals surface area contributed by atoms with Crippen LogP contribution in [0.3, 0.4) is 0 Å². The van der Waals surface area contributed by atoms with Crippen molar-refractivity contribution in [1.82, 2.24) is 10.2 Å². The molecule has 1 aromatic rings. The molecule has 0 radical (unpaired) electrons. The molecular weight excluding hydrogens is 264 g/mol. The Hall–Kier alpha value is -1.55. The normalized spacial score (nSPS) is 21.8. The Morgan fingerprint density at radius 1 is 1.29 bits per heavy atom. The second kappa shape index (κ2) is 8.03. The van der Waals surface area contributed by atoms with Crippen molar-refractivity contribution in [2.75, 3.05) is 13.6 Å². The monoisotopic (exact) mass is 290 g/mol. The van der Waals surface area contributed by atoms with Gasteiger partial charge in [0.15, 0.2) is 0 Å². The summed E-state index contributed by atoms with van der Waals surface area (Å²) in [4.78, 5) is 14.3. The molecule has 1 aromatic carbocycles. The van der Waals surface area contributed by atoms with Gasteiger partial charge in [0.1, 0.15) is 6.61 Å². The summed E-state index contributed by atoms with van der Waals surface area (Å²) in [5, 5.41) is 3.35. The molecule has 2 rings (SSSR count). The maximum atomic E-state index is 12.4. The molecule has 1 N–H and O–H groups in total. The highest BCUT2D eigenvalue weighted by Gasteiger charge is 2.31. The number of rotatable bonds is 5. The fraction of sp³-hybridized carbons (Fsp3) is 0.588. The molecular formula is C17H26N2O2. The minimum absolute atomic E-state index is 0.200. The zero-order valence-corrected chi connectivity index (χ0v) is 13.0. The zero-order valence-electron chi connectivity index (χ0n) is 13.0. The van der Waals surface area contributed by atoms with Gasteiger partial charge in [-0.05, 0) is 32.4 Å². The first-order valence-corrected chi connectivity index (χ1v) is 7.90. The van der Waals surface area contributed by atoms with Gasteiger partial charge in [-0.1, -0.05) is 43.2 Å². The molecule has 1 amide bonds. The summed E-state index contributed by atoms with van der Waals surface area (Å²) in [6, 6.07) is 10.4. The van der Waals surface area contributed by atoms with Crippen LogP contribution in [-0.4, -0.2) is 36.7 Å². The number of likely N-dealkylation sites (N-methyl/N-ethyl adjacent to an activating group) is 2. The Balaban J connectivity index is 1.94. The summed E-state index contributed by atoms with van der Waals surface area (Å²) in [7, 11) is 1.98. The number of nitrogens with one attached hydrogen (secondary N) is 1. The average Bonchev–Trinajstić information content (AvgIpc) is 2.55. The molecule has 0 saturated heterocycles. The maximum absolute atomic E-state index is 12.4. The highest BCUT2D eigenvalue weighted by atomic mass is 16.6. The number of hydrogen-bond donors (Lipinski definition) is 1. The van der Waals surface area contributed by atoms with Crippen LogP contribution >= 0.6 is 0 Å². The van der Waals surface area contributed by atoms with Crippen molar-refractivity contribution >= 4 is 6.09 Å². The first-order valence-electron chi connectivity index (χ1n) is 7.90. The summed E-state index contributed by atoms with van der Waals surface area (Å²) in [6.45, 7) is 3.05. The van der Waals surface area contributed by atoms with Gasteiger partial charge in [-0.25, -0.2) is 4.79 Å². The standard InChI is InChI=1S/C17H26N2O2/c1-3-19(16-12-8-7-11-15(16)18-2)17(20)21-13-14-9-5-4-6-10-14/h4-6,9-10,15-16,18H,3,7-8,11-13H2,1-2H3. The van der Waals surface area contributed by atoms with E-state index in [-0.39, 0.29) is 12.1 Å². The Labute approximate surface area is 127 Å². The SMILES string of the molecule is CCN(C(=O)OCc1ccccc1)C1CCCCC1NC. The maximum Gasteiger partial charge on any atom is 0.410 e. The third-order valence-electron chi connectivity index (χ3n) is 4.28. The first-order chi connectivity index (χ1) is 10.3. The van der Waals surface area contributed by atoms with Crippen LogP contribution in [0.1, 0.15) is 38.2 Å². The van der Waals surface area contributed by atoms with Gasteiger partial charge in [-0.2, -0.15) is 0 Å². The van der Waals surface area contributed by atoms with Gasteiger partial charge in [0.25, 0.3) is 0 Å². The molecule has 1 aliphatic rings. The van der Waals surface area contributed by atoms with E-state index in [4.69, 9.17) is 4.74 Å². The summed E-state index contributed by atoms with van der Waals surface area (Å²) < 4.78 is 5.49. The van der Waals surface area contributed by atoms with Gasteiger partial charge in [-0.15, -0.1) is 0 Å². The molecule has 0 aliphatic heterocycles. The molecule has 4 heteroatoms. The molecule has 4 nitrogen and oxygen atoms in total. The average molecular weight is 290 g/mol. The van der Waals surface area contributed by atoms with Crippen LogP contribution in [0.15, 0.2) is 30.3 Å². The third-order valence-corrected chi connectivity index (χ3v) is 4.28. The Kier molecular flexibility index (Phi) is 6.05. The molecule has 0 spiro atoms. The van der Waals surface area contributed by atoms with E-state index < -0.39 is 0 Å². The second-order valence-corrected chi connectivity index (χ2v) is 5.57. The zero-order chi connectivity index (χ0) is 15.1. The van der Waals surface area contributed by atoms with E-state index in [1.54, 1.807) is 0 Å². The first kappa shape index (κ1) is 15.8. The van der Waals surface area contributed by atoms with Crippen LogP contribution in [0.4, 0.5) is 4.79 Å². The Morgan fingerprint density at radius 3 is 2.67 bits per heavy atom. The van der Waals surface area contributed by atoms with E-state index in [1.807, 2.05) is 49.2 Å². The van der Waals surface area contributed by atoms with Gasteiger partial charge in [-0.3, -0.25) is 0 Å². The number of carbonyl (C=O) groups is 1. The third kappa shape index (κ3) is 4.21. The highest BCUT2D eigenvalue weighted by Crippen LogP contribution is 2.23. The summed E-state index contributed by atoms with van der Waals surface area (Å²) in [6.07, 6.45) is 4.40. The van der Waals surface area contributed by atoms with Crippen molar-refractivity contribution in [3.8, 4) is 0 Å². The Bertz CT molecular complexity index is 436. The van der Waals surface area contributed by atoms with E-state index in [0.29, 0.717) is 19.2 Å². The molecule has 2 unspecified atom stereocenters. The fourth-order valence-corrected chi connectivity index (χ4v) is 3.12. The minimum Gasteiger partial charge on any atom is -0.445 e. The van der Waals surface area contributed by atoms with Gasteiger partial charge < -0.3 is 15.0 Å². The summed E-state index contributed by atoms with van der Waals surface area (Å²) in [5.74, 6) is 0. The smallest absolute Gasteiger partial charge is 0.410 e. The van der Waals surface area contributed by atoms with Crippen LogP contribution < -0.4 is 5.32 Å². The lowest BCUT2D eigenvalue weighted by Crippen LogP contribution is -2.53. The molecule has 1 saturated carbocycles. The molecule has 2 atom stereocenters. The van der Waals surface area contributed by atoms with E-state index in [0.717, 1.165) is 18.4 Å². The number of benzene rings is 1. The van der Waals surface area contributed by atoms with Gasteiger partial charge >= 0.3 is 6.09 Å². The van der Waals surface area contributed by atoms with Gasteiger partial charge in [0.05, 0.1) is 6.04 Å². The lowest BCUT2D eigenvalue weighted by molar-refractivity contribution is 0.0656. The molecule has 1 fully saturated rings. The van der Waals surface area contributed by atoms with Gasteiger partial charge in [0.2, 0.25) is 0 Å². The Morgan fingerprint density at radius 2 is 2.00 bits per heavy atom. The lowest BCUT2D eigenvalue weighted by Gasteiger charge is -2.38. The molecule has 1 aliphatic carbocycles. The van der Waals surface area contributed by atoms with E-state index in [1.165, 1.54) is 12.8 Å². The molecule has 116 valence electrons. The van der Waals surface area contributed by atoms with Crippen LogP contribution in [0, 0.1) is 0 Å². The number of ether oxygens (including phenoxy) is 1. The van der Waals surface area contributed by atoms with E-state index in [9.17, 15) is 4.79 Å². The van der Waals surface area contributed by atoms with Crippen molar-refractivity contribution < 1.29 is 9.53 Å². The predicted octanol–water partition coefficient (Wildman–Crippen LogP) is 3.18. The van der Waals surface area contributed by atoms with Crippen LogP contribution in [0.2, 0.25) is 0 Å². The summed E-state index contributed by atoms with van der Waals surface area (Å²) in [5.41, 5.74) is 1.02. The van der Waals surface area contributed by atoms with Crippen molar-refractivity contribution in [2.24, 2.45) is 0 Å². The minimum atomic E-state index is -0.200. The lowest BCUT2D eigenvalue weighted by atomic mass is 9.89.